The lowest BCUT2D eigenvalue weighted by atomic mass is 9.54. The van der Waals surface area contributed by atoms with E-state index in [1.54, 1.807) is 6.08 Å². The van der Waals surface area contributed by atoms with E-state index in [0.717, 1.165) is 53.7 Å². The van der Waals surface area contributed by atoms with Crippen LogP contribution in [-0.2, 0) is 13.4 Å². The molecule has 1 saturated carbocycles. The van der Waals surface area contributed by atoms with Crippen molar-refractivity contribution < 1.29 is 11.4 Å². The molecule has 0 amide bonds. The monoisotopic (exact) mass is 400 g/mol. The molecule has 0 bridgehead atoms. The maximum Gasteiger partial charge on any atom is 0.405 e. The third kappa shape index (κ3) is 3.35. The zero-order chi connectivity index (χ0) is 25.0. The van der Waals surface area contributed by atoms with Crippen molar-refractivity contribution in [2.45, 2.75) is 52.2 Å². The van der Waals surface area contributed by atoms with Crippen molar-refractivity contribution in [3.63, 3.8) is 0 Å². The average Bonchev–Trinajstić information content (AvgIpc) is 2.84. The van der Waals surface area contributed by atoms with Crippen molar-refractivity contribution >= 4 is 35.3 Å². The van der Waals surface area contributed by atoms with E-state index in [-0.39, 0.29) is 5.92 Å². The molecule has 152 valence electrons. The first-order valence-electron chi connectivity index (χ1n) is 13.6. The molecule has 2 aliphatic rings. The molecule has 0 unspecified atom stereocenters. The zero-order valence-electron chi connectivity index (χ0n) is 22.9. The third-order valence-electron chi connectivity index (χ3n) is 6.73. The molecule has 1 aliphatic carbocycles. The fraction of sp³-hybridized carbons (Fsp3) is 0.370. The smallest absolute Gasteiger partial charge is 0.287 e. The molecule has 2 heterocycles. The van der Waals surface area contributed by atoms with E-state index >= 15 is 0 Å². The van der Waals surface area contributed by atoms with Gasteiger partial charge in [-0.15, -0.1) is 0 Å². The maximum absolute atomic E-state index is 9.30. The molecule has 2 aromatic carbocycles. The number of aromatic nitrogens is 1. The minimum absolute atomic E-state index is 0.0240. The van der Waals surface area contributed by atoms with Crippen molar-refractivity contribution in [1.29, 1.82) is 0 Å². The largest absolute Gasteiger partial charge is 0.405 e. The van der Waals surface area contributed by atoms with Gasteiger partial charge in [0.25, 0.3) is 5.82 Å². The van der Waals surface area contributed by atoms with Crippen LogP contribution in [0.1, 0.15) is 56.9 Å². The number of benzene rings is 2. The number of fused-ring (bicyclic) bond motifs is 2. The first-order valence-corrected chi connectivity index (χ1v) is 11.1. The zero-order valence-corrected chi connectivity index (χ0v) is 17.9. The molecule has 3 heteroatoms. The third-order valence-corrected chi connectivity index (χ3v) is 6.73. The van der Waals surface area contributed by atoms with Gasteiger partial charge in [-0.2, -0.15) is 0 Å². The van der Waals surface area contributed by atoms with Crippen LogP contribution >= 0.6 is 0 Å². The van der Waals surface area contributed by atoms with Gasteiger partial charge in [-0.05, 0) is 43.7 Å². The van der Waals surface area contributed by atoms with Gasteiger partial charge >= 0.3 is 6.85 Å². The van der Waals surface area contributed by atoms with Gasteiger partial charge in [0.1, 0.15) is 11.2 Å². The van der Waals surface area contributed by atoms with Crippen LogP contribution in [0.3, 0.4) is 0 Å². The van der Waals surface area contributed by atoms with Crippen LogP contribution in [0.15, 0.2) is 60.1 Å². The standard InChI is InChI=1S/C27H32BN2/c1-20-17-22-13-7-9-15-25(22)30(28(20)2)27-19-23(18-21-11-5-4-6-12-21)24-14-8-10-16-26(24)29(27)3/h7-10,13-17,19,21H,4-6,11-12,18H2,1-3H3/q+1/i1D3,18D2. The molecule has 5 rings (SSSR count). The summed E-state index contributed by atoms with van der Waals surface area (Å²) in [5, 5.41) is 0.916. The van der Waals surface area contributed by atoms with Crippen LogP contribution in [0, 0.1) is 5.92 Å². The second-order valence-corrected chi connectivity index (χ2v) is 8.68. The molecule has 2 nitrogen and oxygen atoms in total. The Kier molecular flexibility index (Phi) is 3.83. The fourth-order valence-electron chi connectivity index (χ4n) is 5.02. The Balaban J connectivity index is 1.76. The number of allylic oxidation sites excluding steroid dienone is 1. The molecule has 3 aromatic rings. The molecule has 1 fully saturated rings. The summed E-state index contributed by atoms with van der Waals surface area (Å²) in [6.07, 6.45) is 5.42. The highest BCUT2D eigenvalue weighted by Gasteiger charge is 2.37. The number of anilines is 2. The van der Waals surface area contributed by atoms with Gasteiger partial charge in [0, 0.05) is 23.9 Å². The van der Waals surface area contributed by atoms with E-state index in [1.807, 2.05) is 68.5 Å². The lowest BCUT2D eigenvalue weighted by Crippen LogP contribution is -2.45. The van der Waals surface area contributed by atoms with Crippen LogP contribution in [0.4, 0.5) is 11.5 Å². The Labute approximate surface area is 188 Å². The second kappa shape index (κ2) is 7.94. The van der Waals surface area contributed by atoms with E-state index in [9.17, 15) is 2.74 Å². The van der Waals surface area contributed by atoms with Crippen molar-refractivity contribution in [2.24, 2.45) is 13.0 Å². The molecule has 0 saturated heterocycles. The summed E-state index contributed by atoms with van der Waals surface area (Å²) in [6, 6.07) is 17.8. The van der Waals surface area contributed by atoms with Crippen molar-refractivity contribution in [3.05, 3.63) is 71.2 Å². The summed E-state index contributed by atoms with van der Waals surface area (Å²) in [6.45, 7) is -0.697. The van der Waals surface area contributed by atoms with Gasteiger partial charge in [0.15, 0.2) is 0 Å². The molecule has 1 aliphatic heterocycles. The van der Waals surface area contributed by atoms with Crippen molar-refractivity contribution in [2.75, 3.05) is 4.81 Å². The lowest BCUT2D eigenvalue weighted by Gasteiger charge is -2.30. The average molecular weight is 400 g/mol. The number of nitrogens with zero attached hydrogens (tertiary/aromatic N) is 2. The van der Waals surface area contributed by atoms with Gasteiger partial charge in [-0.25, -0.2) is 4.57 Å². The quantitative estimate of drug-likeness (QED) is 0.359. The number of pyridine rings is 1. The molecule has 0 N–H and O–H groups in total. The predicted molar refractivity (Wildman–Crippen MR) is 129 cm³/mol. The molecule has 0 radical (unpaired) electrons. The minimum atomic E-state index is -2.22. The van der Waals surface area contributed by atoms with Crippen LogP contribution in [0.2, 0.25) is 6.82 Å². The van der Waals surface area contributed by atoms with Crippen LogP contribution < -0.4 is 9.38 Å². The van der Waals surface area contributed by atoms with Gasteiger partial charge in [0.05, 0.1) is 7.05 Å². The highest BCUT2D eigenvalue weighted by molar-refractivity contribution is 6.72. The number of para-hydroxylation sites is 2. The molecular formula is C27H32BN2+. The minimum Gasteiger partial charge on any atom is -0.287 e. The summed E-state index contributed by atoms with van der Waals surface area (Å²) in [5.41, 5.74) is 3.82. The van der Waals surface area contributed by atoms with Crippen molar-refractivity contribution in [3.8, 4) is 0 Å². The second-order valence-electron chi connectivity index (χ2n) is 8.68. The first kappa shape index (κ1) is 14.5. The van der Waals surface area contributed by atoms with E-state index < -0.39 is 20.1 Å². The van der Waals surface area contributed by atoms with E-state index in [0.29, 0.717) is 11.0 Å². The highest BCUT2D eigenvalue weighted by Crippen LogP contribution is 2.37. The molecule has 0 atom stereocenters. The van der Waals surface area contributed by atoms with Crippen LogP contribution in [-0.4, -0.2) is 6.85 Å². The first-order chi connectivity index (χ1) is 16.6. The summed E-state index contributed by atoms with van der Waals surface area (Å²) in [4.78, 5) is 2.07. The molecule has 30 heavy (non-hydrogen) atoms. The van der Waals surface area contributed by atoms with Crippen molar-refractivity contribution in [1.82, 2.24) is 0 Å². The van der Waals surface area contributed by atoms with E-state index in [2.05, 4.69) is 9.38 Å². The van der Waals surface area contributed by atoms with E-state index in [4.69, 9.17) is 4.11 Å². The Morgan fingerprint density at radius 2 is 1.87 bits per heavy atom. The Morgan fingerprint density at radius 3 is 2.70 bits per heavy atom. The van der Waals surface area contributed by atoms with Gasteiger partial charge in [-0.1, -0.05) is 80.1 Å². The summed E-state index contributed by atoms with van der Waals surface area (Å²) >= 11 is 0. The Hall–Kier alpha value is -2.55. The highest BCUT2D eigenvalue weighted by atomic mass is 15.2. The molecular weight excluding hydrogens is 363 g/mol. The van der Waals surface area contributed by atoms with Gasteiger partial charge in [-0.3, -0.25) is 4.81 Å². The Morgan fingerprint density at radius 1 is 1.10 bits per heavy atom. The fourth-order valence-corrected chi connectivity index (χ4v) is 5.02. The van der Waals surface area contributed by atoms with Crippen LogP contribution in [0.5, 0.6) is 0 Å². The number of hydrogen-bond acceptors (Lipinski definition) is 1. The van der Waals surface area contributed by atoms with Gasteiger partial charge in [0.2, 0.25) is 0 Å². The van der Waals surface area contributed by atoms with Gasteiger partial charge < -0.3 is 0 Å². The lowest BCUT2D eigenvalue weighted by molar-refractivity contribution is -0.631. The normalized spacial score (nSPS) is 20.6. The number of hydrogen-bond donors (Lipinski definition) is 0. The summed E-state index contributed by atoms with van der Waals surface area (Å²) < 4.78 is 45.2. The number of aryl methyl sites for hydroxylation is 1. The number of rotatable bonds is 3. The topological polar surface area (TPSA) is 7.12 Å². The Bertz CT molecular complexity index is 1290. The molecule has 1 aromatic heterocycles. The summed E-state index contributed by atoms with van der Waals surface area (Å²) in [5.74, 6) is 0.775. The molecule has 0 spiro atoms. The SMILES string of the molecule is [2H]C([2H])([2H])C1=Cc2ccccc2N(c2cc(C([2H])([2H])C3CCCCC3)c3ccccc3[n+]2C)B1C. The van der Waals surface area contributed by atoms with Crippen LogP contribution in [0.25, 0.3) is 17.0 Å². The predicted octanol–water partition coefficient (Wildman–Crippen LogP) is 6.50. The maximum atomic E-state index is 9.30. The summed E-state index contributed by atoms with van der Waals surface area (Å²) in [7, 11) is 1.99. The van der Waals surface area contributed by atoms with E-state index in [1.165, 1.54) is 6.42 Å².